The fourth-order valence-electron chi connectivity index (χ4n) is 2.57. The Morgan fingerprint density at radius 2 is 1.95 bits per heavy atom. The molecule has 6 heteroatoms. The van der Waals surface area contributed by atoms with E-state index in [0.717, 1.165) is 43.9 Å². The smallest absolute Gasteiger partial charge is 0.416 e. The zero-order valence-electron chi connectivity index (χ0n) is 11.7. The average Bonchev–Trinajstić information content (AvgIpc) is 2.40. The zero-order chi connectivity index (χ0) is 15.6. The fourth-order valence-corrected chi connectivity index (χ4v) is 2.57. The Balaban J connectivity index is 2.18. The van der Waals surface area contributed by atoms with Gasteiger partial charge in [0, 0.05) is 5.69 Å². The summed E-state index contributed by atoms with van der Waals surface area (Å²) in [4.78, 5) is 12.1. The molecule has 0 spiro atoms. The minimum atomic E-state index is -4.51. The van der Waals surface area contributed by atoms with Gasteiger partial charge in [-0.1, -0.05) is 13.3 Å². The largest absolute Gasteiger partial charge is 0.458 e. The Morgan fingerprint density at radius 1 is 1.29 bits per heavy atom. The number of anilines is 1. The van der Waals surface area contributed by atoms with Crippen LogP contribution in [-0.2, 0) is 10.9 Å². The van der Waals surface area contributed by atoms with Crippen LogP contribution >= 0.6 is 0 Å². The molecule has 0 bridgehead atoms. The number of hydrogen-bond donors (Lipinski definition) is 1. The van der Waals surface area contributed by atoms with Gasteiger partial charge in [0.25, 0.3) is 0 Å². The van der Waals surface area contributed by atoms with Gasteiger partial charge in [-0.25, -0.2) is 4.79 Å². The van der Waals surface area contributed by atoms with Crippen molar-refractivity contribution in [1.82, 2.24) is 0 Å². The summed E-state index contributed by atoms with van der Waals surface area (Å²) < 4.78 is 43.4. The van der Waals surface area contributed by atoms with Gasteiger partial charge in [-0.3, -0.25) is 0 Å². The standard InChI is InChI=1S/C15H18F3NO2/c1-9-4-2-3-5-13(9)21-14(20)11-8-10(15(16,17)18)6-7-12(11)19/h6-9,13H,2-5,19H2,1H3. The van der Waals surface area contributed by atoms with Crippen molar-refractivity contribution in [1.29, 1.82) is 0 Å². The van der Waals surface area contributed by atoms with Crippen molar-refractivity contribution in [3.8, 4) is 0 Å². The van der Waals surface area contributed by atoms with E-state index in [1.807, 2.05) is 6.92 Å². The van der Waals surface area contributed by atoms with Gasteiger partial charge in [0.1, 0.15) is 6.10 Å². The Kier molecular flexibility index (Phi) is 4.44. The van der Waals surface area contributed by atoms with Gasteiger partial charge >= 0.3 is 12.1 Å². The highest BCUT2D eigenvalue weighted by atomic mass is 19.4. The minimum Gasteiger partial charge on any atom is -0.458 e. The lowest BCUT2D eigenvalue weighted by Crippen LogP contribution is -2.28. The van der Waals surface area contributed by atoms with E-state index in [1.54, 1.807) is 0 Å². The van der Waals surface area contributed by atoms with E-state index < -0.39 is 17.7 Å². The lowest BCUT2D eigenvalue weighted by atomic mass is 9.88. The zero-order valence-corrected chi connectivity index (χ0v) is 11.7. The molecule has 0 heterocycles. The van der Waals surface area contributed by atoms with Gasteiger partial charge in [-0.15, -0.1) is 0 Å². The van der Waals surface area contributed by atoms with Crippen molar-refractivity contribution in [2.75, 3.05) is 5.73 Å². The Hall–Kier alpha value is -1.72. The van der Waals surface area contributed by atoms with Crippen LogP contribution in [0.25, 0.3) is 0 Å². The lowest BCUT2D eigenvalue weighted by Gasteiger charge is -2.28. The molecule has 1 saturated carbocycles. The summed E-state index contributed by atoms with van der Waals surface area (Å²) >= 11 is 0. The highest BCUT2D eigenvalue weighted by molar-refractivity contribution is 5.95. The molecular weight excluding hydrogens is 283 g/mol. The number of halogens is 3. The molecule has 116 valence electrons. The minimum absolute atomic E-state index is 0.00328. The van der Waals surface area contributed by atoms with Gasteiger partial charge in [0.2, 0.25) is 0 Å². The van der Waals surface area contributed by atoms with Gasteiger partial charge in [-0.05, 0) is 43.4 Å². The Labute approximate surface area is 121 Å². The molecular formula is C15H18F3NO2. The molecule has 2 rings (SSSR count). The van der Waals surface area contributed by atoms with Crippen LogP contribution in [0.2, 0.25) is 0 Å². The SMILES string of the molecule is CC1CCCCC1OC(=O)c1cc(C(F)(F)F)ccc1N. The first kappa shape index (κ1) is 15.7. The van der Waals surface area contributed by atoms with E-state index in [2.05, 4.69) is 0 Å². The third kappa shape index (κ3) is 3.68. The highest BCUT2D eigenvalue weighted by Crippen LogP contribution is 2.32. The van der Waals surface area contributed by atoms with Crippen LogP contribution in [0.15, 0.2) is 18.2 Å². The van der Waals surface area contributed by atoms with E-state index in [-0.39, 0.29) is 23.3 Å². The number of nitrogen functional groups attached to an aromatic ring is 1. The van der Waals surface area contributed by atoms with E-state index in [9.17, 15) is 18.0 Å². The lowest BCUT2D eigenvalue weighted by molar-refractivity contribution is -0.137. The van der Waals surface area contributed by atoms with Crippen molar-refractivity contribution in [2.24, 2.45) is 5.92 Å². The van der Waals surface area contributed by atoms with Crippen molar-refractivity contribution in [2.45, 2.75) is 44.9 Å². The van der Waals surface area contributed by atoms with Crippen molar-refractivity contribution >= 4 is 11.7 Å². The maximum Gasteiger partial charge on any atom is 0.416 e. The van der Waals surface area contributed by atoms with Crippen LogP contribution in [0.4, 0.5) is 18.9 Å². The molecule has 2 atom stereocenters. The van der Waals surface area contributed by atoms with E-state index in [4.69, 9.17) is 10.5 Å². The highest BCUT2D eigenvalue weighted by Gasteiger charge is 2.32. The summed E-state index contributed by atoms with van der Waals surface area (Å²) in [6, 6.07) is 2.70. The number of esters is 1. The number of rotatable bonds is 2. The third-order valence-corrected chi connectivity index (χ3v) is 3.89. The van der Waals surface area contributed by atoms with E-state index in [0.29, 0.717) is 0 Å². The first-order valence-corrected chi connectivity index (χ1v) is 6.96. The van der Waals surface area contributed by atoms with Gasteiger partial charge in [0.05, 0.1) is 11.1 Å². The van der Waals surface area contributed by atoms with Crippen LogP contribution in [-0.4, -0.2) is 12.1 Å². The van der Waals surface area contributed by atoms with Gasteiger partial charge in [-0.2, -0.15) is 13.2 Å². The predicted octanol–water partition coefficient (Wildman–Crippen LogP) is 4.02. The molecule has 2 N–H and O–H groups in total. The number of nitrogens with two attached hydrogens (primary N) is 1. The molecule has 0 saturated heterocycles. The summed E-state index contributed by atoms with van der Waals surface area (Å²) in [5.74, 6) is -0.563. The molecule has 2 unspecified atom stereocenters. The van der Waals surface area contributed by atoms with Crippen LogP contribution in [0, 0.1) is 5.92 Å². The number of alkyl halides is 3. The Bertz CT molecular complexity index is 528. The van der Waals surface area contributed by atoms with Gasteiger partial charge < -0.3 is 10.5 Å². The fraction of sp³-hybridized carbons (Fsp3) is 0.533. The van der Waals surface area contributed by atoms with Gasteiger partial charge in [0.15, 0.2) is 0 Å². The number of ether oxygens (including phenoxy) is 1. The molecule has 1 fully saturated rings. The second-order valence-electron chi connectivity index (χ2n) is 5.51. The summed E-state index contributed by atoms with van der Waals surface area (Å²) in [5, 5.41) is 0. The number of carbonyl (C=O) groups is 1. The van der Waals surface area contributed by atoms with Crippen LogP contribution in [0.1, 0.15) is 48.5 Å². The normalized spacial score (nSPS) is 22.9. The summed E-state index contributed by atoms with van der Waals surface area (Å²) in [6.45, 7) is 1.98. The van der Waals surface area contributed by atoms with E-state index >= 15 is 0 Å². The van der Waals surface area contributed by atoms with Crippen LogP contribution < -0.4 is 5.73 Å². The third-order valence-electron chi connectivity index (χ3n) is 3.89. The predicted molar refractivity (Wildman–Crippen MR) is 72.7 cm³/mol. The molecule has 1 aliphatic rings. The first-order chi connectivity index (χ1) is 9.79. The summed E-state index contributed by atoms with van der Waals surface area (Å²) in [7, 11) is 0. The second kappa shape index (κ2) is 5.95. The first-order valence-electron chi connectivity index (χ1n) is 6.96. The van der Waals surface area contributed by atoms with Crippen molar-refractivity contribution in [3.05, 3.63) is 29.3 Å². The maximum atomic E-state index is 12.7. The molecule has 3 nitrogen and oxygen atoms in total. The van der Waals surface area contributed by atoms with Crippen molar-refractivity contribution in [3.63, 3.8) is 0 Å². The molecule has 21 heavy (non-hydrogen) atoms. The summed E-state index contributed by atoms with van der Waals surface area (Å²) in [6.07, 6.45) is -1.02. The topological polar surface area (TPSA) is 52.3 Å². The average molecular weight is 301 g/mol. The Morgan fingerprint density at radius 3 is 2.57 bits per heavy atom. The van der Waals surface area contributed by atoms with Crippen LogP contribution in [0.5, 0.6) is 0 Å². The molecule has 0 amide bonds. The quantitative estimate of drug-likeness (QED) is 0.663. The number of hydrogen-bond acceptors (Lipinski definition) is 3. The van der Waals surface area contributed by atoms with E-state index in [1.165, 1.54) is 0 Å². The maximum absolute atomic E-state index is 12.7. The second-order valence-corrected chi connectivity index (χ2v) is 5.51. The number of carbonyl (C=O) groups excluding carboxylic acids is 1. The molecule has 0 aliphatic heterocycles. The molecule has 1 aliphatic carbocycles. The molecule has 1 aromatic carbocycles. The molecule has 1 aromatic rings. The monoisotopic (exact) mass is 301 g/mol. The number of benzene rings is 1. The molecule has 0 aromatic heterocycles. The molecule has 0 radical (unpaired) electrons. The summed E-state index contributed by atoms with van der Waals surface area (Å²) in [5.41, 5.74) is 4.48. The van der Waals surface area contributed by atoms with Crippen molar-refractivity contribution < 1.29 is 22.7 Å². The van der Waals surface area contributed by atoms with Crippen LogP contribution in [0.3, 0.4) is 0 Å².